The van der Waals surface area contributed by atoms with Crippen molar-refractivity contribution in [3.63, 3.8) is 0 Å². The molecule has 1 N–H and O–H groups in total. The predicted octanol–water partition coefficient (Wildman–Crippen LogP) is 3.76. The number of benzene rings is 1. The third-order valence-electron chi connectivity index (χ3n) is 3.77. The van der Waals surface area contributed by atoms with Gasteiger partial charge in [-0.05, 0) is 31.9 Å². The fraction of sp³-hybridized carbons (Fsp3) is 0.600. The number of fused-ring (bicyclic) bond motifs is 1. The van der Waals surface area contributed by atoms with Crippen molar-refractivity contribution in [2.24, 2.45) is 0 Å². The number of aryl methyl sites for hydroxylation is 1. The van der Waals surface area contributed by atoms with Gasteiger partial charge in [-0.1, -0.05) is 31.9 Å². The molecule has 1 heterocycles. The van der Waals surface area contributed by atoms with E-state index in [9.17, 15) is 5.11 Å². The van der Waals surface area contributed by atoms with Crippen LogP contribution in [-0.4, -0.2) is 10.7 Å². The summed E-state index contributed by atoms with van der Waals surface area (Å²) in [4.78, 5) is 0. The van der Waals surface area contributed by atoms with E-state index in [1.165, 1.54) is 5.56 Å². The molecule has 0 saturated carbocycles. The molecule has 1 unspecified atom stereocenters. The summed E-state index contributed by atoms with van der Waals surface area (Å²) in [6, 6.07) is 6.07. The molecule has 0 fully saturated rings. The summed E-state index contributed by atoms with van der Waals surface area (Å²) in [6.45, 7) is 6.35. The molecule has 2 nitrogen and oxygen atoms in total. The van der Waals surface area contributed by atoms with Gasteiger partial charge in [-0.15, -0.1) is 0 Å². The summed E-state index contributed by atoms with van der Waals surface area (Å²) < 4.78 is 6.17. The van der Waals surface area contributed by atoms with Gasteiger partial charge in [-0.25, -0.2) is 0 Å². The molecule has 1 aliphatic rings. The van der Waals surface area contributed by atoms with E-state index >= 15 is 0 Å². The van der Waals surface area contributed by atoms with E-state index in [1.807, 2.05) is 25.1 Å². The van der Waals surface area contributed by atoms with Crippen LogP contribution in [0.3, 0.4) is 0 Å². The Hall–Kier alpha value is -1.02. The van der Waals surface area contributed by atoms with Crippen molar-refractivity contribution in [1.29, 1.82) is 0 Å². The summed E-state index contributed by atoms with van der Waals surface area (Å²) in [5, 5.41) is 10.3. The van der Waals surface area contributed by atoms with Gasteiger partial charge in [0.25, 0.3) is 0 Å². The van der Waals surface area contributed by atoms with E-state index in [0.717, 1.165) is 30.6 Å². The van der Waals surface area contributed by atoms with Crippen molar-refractivity contribution >= 4 is 0 Å². The summed E-state index contributed by atoms with van der Waals surface area (Å²) in [7, 11) is 0. The molecule has 2 rings (SSSR count). The highest BCUT2D eigenvalue weighted by Gasteiger charge is 2.38. The molecule has 0 saturated heterocycles. The second kappa shape index (κ2) is 4.69. The molecule has 0 spiro atoms. The van der Waals surface area contributed by atoms with E-state index in [-0.39, 0.29) is 11.7 Å². The van der Waals surface area contributed by atoms with Gasteiger partial charge < -0.3 is 9.84 Å². The number of aliphatic hydroxyl groups is 1. The fourth-order valence-electron chi connectivity index (χ4n) is 2.76. The zero-order valence-corrected chi connectivity index (χ0v) is 11.0. The average molecular weight is 234 g/mol. The molecule has 0 bridgehead atoms. The van der Waals surface area contributed by atoms with Crippen molar-refractivity contribution in [1.82, 2.24) is 0 Å². The lowest BCUT2D eigenvalue weighted by molar-refractivity contribution is -0.0232. The van der Waals surface area contributed by atoms with Crippen molar-refractivity contribution in [3.8, 4) is 5.75 Å². The largest absolute Gasteiger partial charge is 0.487 e. The molecule has 1 aliphatic heterocycles. The minimum Gasteiger partial charge on any atom is -0.487 e. The van der Waals surface area contributed by atoms with Crippen LogP contribution in [-0.2, 0) is 0 Å². The normalized spacial score (nSPS) is 27.4. The number of aliphatic hydroxyl groups excluding tert-OH is 1. The molecule has 17 heavy (non-hydrogen) atoms. The van der Waals surface area contributed by atoms with Gasteiger partial charge in [-0.3, -0.25) is 0 Å². The summed E-state index contributed by atoms with van der Waals surface area (Å²) in [5.41, 5.74) is 1.95. The summed E-state index contributed by atoms with van der Waals surface area (Å²) in [5.74, 6) is 0.865. The second-order valence-electron chi connectivity index (χ2n) is 5.15. The smallest absolute Gasteiger partial charge is 0.125 e. The molecule has 0 aromatic heterocycles. The lowest BCUT2D eigenvalue weighted by atomic mass is 9.83. The maximum absolute atomic E-state index is 10.3. The van der Waals surface area contributed by atoms with Crippen molar-refractivity contribution < 1.29 is 9.84 Å². The van der Waals surface area contributed by atoms with Gasteiger partial charge >= 0.3 is 0 Å². The van der Waals surface area contributed by atoms with E-state index in [2.05, 4.69) is 13.8 Å². The fourth-order valence-corrected chi connectivity index (χ4v) is 2.76. The van der Waals surface area contributed by atoms with Crippen LogP contribution in [0.1, 0.15) is 56.8 Å². The van der Waals surface area contributed by atoms with E-state index in [0.29, 0.717) is 6.42 Å². The molecule has 1 aromatic rings. The minimum absolute atomic E-state index is 0.170. The highest BCUT2D eigenvalue weighted by Crippen LogP contribution is 2.43. The van der Waals surface area contributed by atoms with Gasteiger partial charge in [0, 0.05) is 12.0 Å². The quantitative estimate of drug-likeness (QED) is 0.863. The maximum Gasteiger partial charge on any atom is 0.125 e. The number of rotatable bonds is 3. The van der Waals surface area contributed by atoms with Gasteiger partial charge in [0.05, 0.1) is 6.10 Å². The highest BCUT2D eigenvalue weighted by molar-refractivity contribution is 5.40. The van der Waals surface area contributed by atoms with Gasteiger partial charge in [0.15, 0.2) is 0 Å². The van der Waals surface area contributed by atoms with Gasteiger partial charge in [0.2, 0.25) is 0 Å². The SMILES string of the molecule is CCCC1(CC)C[C@@H](O)c2cc(C)ccc2O1. The van der Waals surface area contributed by atoms with Crippen LogP contribution in [0.4, 0.5) is 0 Å². The van der Waals surface area contributed by atoms with E-state index < -0.39 is 0 Å². The second-order valence-corrected chi connectivity index (χ2v) is 5.15. The third kappa shape index (κ3) is 2.32. The molecule has 0 amide bonds. The number of hydrogen-bond acceptors (Lipinski definition) is 2. The predicted molar refractivity (Wildman–Crippen MR) is 69.3 cm³/mol. The van der Waals surface area contributed by atoms with Gasteiger partial charge in [0.1, 0.15) is 11.4 Å². The number of hydrogen-bond donors (Lipinski definition) is 1. The molecule has 0 radical (unpaired) electrons. The van der Waals surface area contributed by atoms with Gasteiger partial charge in [-0.2, -0.15) is 0 Å². The molecule has 2 heteroatoms. The van der Waals surface area contributed by atoms with Crippen molar-refractivity contribution in [3.05, 3.63) is 29.3 Å². The van der Waals surface area contributed by atoms with Crippen LogP contribution in [0.25, 0.3) is 0 Å². The first kappa shape index (κ1) is 12.4. The van der Waals surface area contributed by atoms with Crippen LogP contribution in [0.5, 0.6) is 5.75 Å². The Morgan fingerprint density at radius 2 is 2.18 bits per heavy atom. The standard InChI is InChI=1S/C15H22O2/c1-4-8-15(5-2)10-13(16)12-9-11(3)6-7-14(12)17-15/h6-7,9,13,16H,4-5,8,10H2,1-3H3/t13-,15?/m1/s1. The molecule has 1 aromatic carbocycles. The van der Waals surface area contributed by atoms with Crippen LogP contribution in [0.15, 0.2) is 18.2 Å². The third-order valence-corrected chi connectivity index (χ3v) is 3.77. The Labute approximate surface area is 104 Å². The molecular weight excluding hydrogens is 212 g/mol. The zero-order chi connectivity index (χ0) is 12.5. The Morgan fingerprint density at radius 3 is 2.82 bits per heavy atom. The lowest BCUT2D eigenvalue weighted by Gasteiger charge is -2.40. The first-order valence-corrected chi connectivity index (χ1v) is 6.58. The zero-order valence-electron chi connectivity index (χ0n) is 11.0. The maximum atomic E-state index is 10.3. The van der Waals surface area contributed by atoms with E-state index in [1.54, 1.807) is 0 Å². The van der Waals surface area contributed by atoms with Crippen LogP contribution < -0.4 is 4.74 Å². The Morgan fingerprint density at radius 1 is 1.41 bits per heavy atom. The van der Waals surface area contributed by atoms with Crippen LogP contribution in [0, 0.1) is 6.92 Å². The Bertz CT molecular complexity index is 400. The average Bonchev–Trinajstić information content (AvgIpc) is 2.31. The van der Waals surface area contributed by atoms with Crippen LogP contribution in [0.2, 0.25) is 0 Å². The highest BCUT2D eigenvalue weighted by atomic mass is 16.5. The van der Waals surface area contributed by atoms with Crippen LogP contribution >= 0.6 is 0 Å². The minimum atomic E-state index is -0.384. The van der Waals surface area contributed by atoms with Crippen molar-refractivity contribution in [2.75, 3.05) is 0 Å². The van der Waals surface area contributed by atoms with E-state index in [4.69, 9.17) is 4.74 Å². The molecule has 0 aliphatic carbocycles. The lowest BCUT2D eigenvalue weighted by Crippen LogP contribution is -2.40. The first-order valence-electron chi connectivity index (χ1n) is 6.58. The Kier molecular flexibility index (Phi) is 3.43. The molecule has 94 valence electrons. The monoisotopic (exact) mass is 234 g/mol. The molecular formula is C15H22O2. The summed E-state index contributed by atoms with van der Waals surface area (Å²) in [6.07, 6.45) is 3.37. The Balaban J connectivity index is 2.35. The molecule has 2 atom stereocenters. The van der Waals surface area contributed by atoms with Crippen molar-refractivity contribution in [2.45, 2.75) is 58.2 Å². The number of ether oxygens (including phenoxy) is 1. The topological polar surface area (TPSA) is 29.5 Å². The first-order chi connectivity index (χ1) is 8.10. The summed E-state index contributed by atoms with van der Waals surface area (Å²) >= 11 is 0.